The highest BCUT2D eigenvalue weighted by molar-refractivity contribution is 7.98. The number of thiophene rings is 1. The van der Waals surface area contributed by atoms with Gasteiger partial charge in [-0.3, -0.25) is 10.3 Å². The molecule has 3 aliphatic rings. The molecule has 8 nitrogen and oxygen atoms in total. The molecule has 1 aromatic carbocycles. The first-order valence-corrected chi connectivity index (χ1v) is 12.5. The van der Waals surface area contributed by atoms with E-state index in [1.807, 2.05) is 23.5 Å². The van der Waals surface area contributed by atoms with Crippen LogP contribution >= 0.6 is 23.1 Å². The highest BCUT2D eigenvalue weighted by Gasteiger charge is 2.45. The van der Waals surface area contributed by atoms with Gasteiger partial charge in [0, 0.05) is 22.6 Å². The maximum Gasteiger partial charge on any atom is 0.249 e. The van der Waals surface area contributed by atoms with Crippen LogP contribution in [0.3, 0.4) is 0 Å². The van der Waals surface area contributed by atoms with E-state index in [2.05, 4.69) is 63.4 Å². The lowest BCUT2D eigenvalue weighted by atomic mass is 9.92. The highest BCUT2D eigenvalue weighted by atomic mass is 32.2. The first-order valence-electron chi connectivity index (χ1n) is 10.7. The Morgan fingerprint density at radius 2 is 2.09 bits per heavy atom. The van der Waals surface area contributed by atoms with E-state index >= 15 is 0 Å². The Bertz CT molecular complexity index is 1170. The zero-order valence-electron chi connectivity index (χ0n) is 18.5. The summed E-state index contributed by atoms with van der Waals surface area (Å²) in [7, 11) is 1.69. The molecule has 0 aliphatic carbocycles. The molecule has 5 heterocycles. The van der Waals surface area contributed by atoms with E-state index in [4.69, 9.17) is 9.47 Å². The van der Waals surface area contributed by atoms with Crippen LogP contribution in [-0.4, -0.2) is 33.6 Å². The molecule has 2 atom stereocenters. The summed E-state index contributed by atoms with van der Waals surface area (Å²) in [4.78, 5) is 1.31. The number of fused-ring (bicyclic) bond motifs is 8. The number of hydrogen-bond donors (Lipinski definition) is 2. The minimum atomic E-state index is -0.163. The van der Waals surface area contributed by atoms with E-state index in [1.165, 1.54) is 26.6 Å². The molecule has 32 heavy (non-hydrogen) atoms. The molecule has 3 aliphatic heterocycles. The van der Waals surface area contributed by atoms with Crippen molar-refractivity contribution in [1.29, 1.82) is 0 Å². The van der Waals surface area contributed by atoms with Crippen molar-refractivity contribution in [3.63, 3.8) is 0 Å². The summed E-state index contributed by atoms with van der Waals surface area (Å²) in [5, 5.41) is 17.1. The van der Waals surface area contributed by atoms with Gasteiger partial charge in [-0.2, -0.15) is 0 Å². The number of anilines is 1. The van der Waals surface area contributed by atoms with E-state index in [9.17, 15) is 0 Å². The van der Waals surface area contributed by atoms with Crippen molar-refractivity contribution in [2.24, 2.45) is 0 Å². The van der Waals surface area contributed by atoms with Crippen LogP contribution in [0.2, 0.25) is 0 Å². The van der Waals surface area contributed by atoms with Gasteiger partial charge in [0.05, 0.1) is 25.5 Å². The largest absolute Gasteiger partial charge is 0.497 e. The Balaban J connectivity index is 1.40. The maximum absolute atomic E-state index is 6.13. The molecule has 2 N–H and O–H groups in total. The van der Waals surface area contributed by atoms with E-state index < -0.39 is 0 Å². The minimum absolute atomic E-state index is 0.0463. The van der Waals surface area contributed by atoms with Crippen LogP contribution in [0.15, 0.2) is 29.4 Å². The number of methoxy groups -OCH3 is 1. The van der Waals surface area contributed by atoms with Crippen molar-refractivity contribution >= 4 is 29.0 Å². The molecule has 3 aromatic rings. The molecule has 0 bridgehead atoms. The fourth-order valence-electron chi connectivity index (χ4n) is 4.59. The third kappa shape index (κ3) is 3.24. The van der Waals surface area contributed by atoms with Crippen LogP contribution in [0, 0.1) is 0 Å². The van der Waals surface area contributed by atoms with Gasteiger partial charge in [0.1, 0.15) is 16.9 Å². The second-order valence-corrected chi connectivity index (χ2v) is 11.0. The smallest absolute Gasteiger partial charge is 0.249 e. The average Bonchev–Trinajstić information content (AvgIpc) is 3.46. The Labute approximate surface area is 195 Å². The van der Waals surface area contributed by atoms with Crippen molar-refractivity contribution in [3.8, 4) is 10.8 Å². The van der Waals surface area contributed by atoms with Crippen LogP contribution in [0.1, 0.15) is 48.5 Å². The van der Waals surface area contributed by atoms with Crippen LogP contribution in [0.25, 0.3) is 5.00 Å². The first kappa shape index (κ1) is 20.5. The predicted octanol–water partition coefficient (Wildman–Crippen LogP) is 3.75. The molecule has 1 saturated heterocycles. The second-order valence-electron chi connectivity index (χ2n) is 8.99. The van der Waals surface area contributed by atoms with Crippen molar-refractivity contribution < 1.29 is 9.47 Å². The zero-order chi connectivity index (χ0) is 22.0. The lowest BCUT2D eigenvalue weighted by Crippen LogP contribution is -2.40. The fourth-order valence-corrected chi connectivity index (χ4v) is 6.79. The number of rotatable bonds is 4. The van der Waals surface area contributed by atoms with Gasteiger partial charge >= 0.3 is 0 Å². The molecular weight excluding hydrogens is 444 g/mol. The quantitative estimate of drug-likeness (QED) is 0.559. The minimum Gasteiger partial charge on any atom is -0.497 e. The summed E-state index contributed by atoms with van der Waals surface area (Å²) >= 11 is 3.51. The molecule has 1 fully saturated rings. The topological polar surface area (TPSA) is 76.5 Å². The predicted molar refractivity (Wildman–Crippen MR) is 125 cm³/mol. The summed E-state index contributed by atoms with van der Waals surface area (Å²) in [5.41, 5.74) is 7.31. The van der Waals surface area contributed by atoms with Crippen molar-refractivity contribution in [3.05, 3.63) is 45.8 Å². The third-order valence-corrected chi connectivity index (χ3v) is 8.35. The van der Waals surface area contributed by atoms with E-state index in [0.29, 0.717) is 6.61 Å². The second kappa shape index (κ2) is 7.46. The molecule has 0 radical (unpaired) electrons. The van der Waals surface area contributed by atoms with Gasteiger partial charge in [0.15, 0.2) is 5.16 Å². The Kier molecular flexibility index (Phi) is 4.78. The summed E-state index contributed by atoms with van der Waals surface area (Å²) in [6.45, 7) is 7.12. The van der Waals surface area contributed by atoms with Crippen LogP contribution in [0.5, 0.6) is 5.75 Å². The number of nitrogens with zero attached hydrogens (tertiary/aromatic N) is 4. The van der Waals surface area contributed by atoms with Gasteiger partial charge < -0.3 is 9.47 Å². The van der Waals surface area contributed by atoms with Gasteiger partial charge in [-0.25, -0.2) is 9.99 Å². The number of hydrogen-bond acceptors (Lipinski definition) is 9. The summed E-state index contributed by atoms with van der Waals surface area (Å²) < 4.78 is 13.6. The molecule has 10 heteroatoms. The summed E-state index contributed by atoms with van der Waals surface area (Å²) in [5.74, 6) is 2.50. The Hall–Kier alpha value is -2.11. The van der Waals surface area contributed by atoms with Gasteiger partial charge in [-0.15, -0.1) is 21.5 Å². The number of nitrogens with one attached hydrogen (secondary N) is 2. The molecule has 168 valence electrons. The highest BCUT2D eigenvalue weighted by Crippen LogP contribution is 2.49. The number of ether oxygens (including phenoxy) is 2. The summed E-state index contributed by atoms with van der Waals surface area (Å²) in [6, 6.07) is 8.18. The van der Waals surface area contributed by atoms with E-state index in [-0.39, 0.29) is 17.9 Å². The van der Waals surface area contributed by atoms with Gasteiger partial charge in [0.25, 0.3) is 0 Å². The molecule has 0 spiro atoms. The average molecular weight is 471 g/mol. The Morgan fingerprint density at radius 3 is 2.88 bits per heavy atom. The van der Waals surface area contributed by atoms with Crippen LogP contribution < -0.4 is 20.5 Å². The number of hydrazine groups is 1. The summed E-state index contributed by atoms with van der Waals surface area (Å²) in [6.07, 6.45) is 1.10. The molecule has 0 amide bonds. The van der Waals surface area contributed by atoms with Crippen LogP contribution in [-0.2, 0) is 23.5 Å². The first-order chi connectivity index (χ1) is 15.4. The zero-order valence-corrected chi connectivity index (χ0v) is 20.1. The van der Waals surface area contributed by atoms with Gasteiger partial charge in [0.2, 0.25) is 5.95 Å². The van der Waals surface area contributed by atoms with E-state index in [0.717, 1.165) is 29.0 Å². The molecular formula is C22H26N6O2S2. The lowest BCUT2D eigenvalue weighted by molar-refractivity contribution is -0.0385. The van der Waals surface area contributed by atoms with E-state index in [1.54, 1.807) is 18.9 Å². The monoisotopic (exact) mass is 470 g/mol. The lowest BCUT2D eigenvalue weighted by Gasteiger charge is -2.34. The molecule has 2 unspecified atom stereocenters. The fraction of sp³-hybridized carbons (Fsp3) is 0.455. The molecule has 6 rings (SSSR count). The third-order valence-electron chi connectivity index (χ3n) is 6.14. The number of aromatic nitrogens is 3. The van der Waals surface area contributed by atoms with Crippen molar-refractivity contribution in [2.75, 3.05) is 12.1 Å². The number of benzene rings is 1. The van der Waals surface area contributed by atoms with Gasteiger partial charge in [-0.05, 0) is 44.0 Å². The maximum atomic E-state index is 6.13. The van der Waals surface area contributed by atoms with Crippen LogP contribution in [0.4, 0.5) is 5.95 Å². The standard InChI is InChI=1S/C22H26N6O2S2/c1-12-23-18-17-15-9-22(2,3)30-10-16(15)32-19(17)27-20(28(18)26-12)24-25-21(27)31-11-13-5-7-14(29-4)8-6-13/h5-8,12,18,23,26H,9-11H2,1-4H3. The SMILES string of the molecule is COc1ccc(CSc2nnc3n2-c2sc4c(c2C2NC(C)NN32)CC(C)(C)OC4)cc1. The number of thioether (sulfide) groups is 1. The van der Waals surface area contributed by atoms with Gasteiger partial charge in [-0.1, -0.05) is 23.9 Å². The Morgan fingerprint density at radius 1 is 1.28 bits per heavy atom. The molecule has 2 aromatic heterocycles. The van der Waals surface area contributed by atoms with Crippen molar-refractivity contribution in [2.45, 2.75) is 62.6 Å². The molecule has 0 saturated carbocycles. The van der Waals surface area contributed by atoms with Crippen molar-refractivity contribution in [1.82, 2.24) is 25.5 Å². The normalized spacial score (nSPS) is 22.8.